The van der Waals surface area contributed by atoms with Crippen molar-refractivity contribution in [2.45, 2.75) is 6.92 Å². The lowest BCUT2D eigenvalue weighted by molar-refractivity contribution is -0.387. The number of hydrogen-bond acceptors (Lipinski definition) is 4. The first-order valence-electron chi connectivity index (χ1n) is 5.86. The number of aromatic nitrogens is 1. The van der Waals surface area contributed by atoms with Crippen molar-refractivity contribution in [2.75, 3.05) is 0 Å². The summed E-state index contributed by atoms with van der Waals surface area (Å²) in [5, 5.41) is 17.5. The highest BCUT2D eigenvalue weighted by Gasteiger charge is 2.19. The van der Waals surface area contributed by atoms with Crippen molar-refractivity contribution in [3.8, 4) is 11.5 Å². The van der Waals surface area contributed by atoms with Crippen LogP contribution < -0.4 is 10.2 Å². The summed E-state index contributed by atoms with van der Waals surface area (Å²) in [6, 6.07) is 5.49. The second kappa shape index (κ2) is 5.95. The Labute approximate surface area is 118 Å². The van der Waals surface area contributed by atoms with Gasteiger partial charge in [-0.05, 0) is 19.1 Å². The van der Waals surface area contributed by atoms with Gasteiger partial charge in [-0.2, -0.15) is 4.39 Å². The molecule has 0 saturated heterocycles. The van der Waals surface area contributed by atoms with Crippen molar-refractivity contribution in [3.05, 3.63) is 57.4 Å². The summed E-state index contributed by atoms with van der Waals surface area (Å²) in [7, 11) is 0. The van der Waals surface area contributed by atoms with Crippen molar-refractivity contribution in [3.63, 3.8) is 0 Å². The molecule has 1 aromatic carbocycles. The van der Waals surface area contributed by atoms with Crippen LogP contribution in [0.3, 0.4) is 0 Å². The van der Waals surface area contributed by atoms with Crippen LogP contribution in [0.5, 0.6) is 11.5 Å². The topological polar surface area (TPSA) is 104 Å². The minimum Gasteiger partial charge on any atom is -0.457 e. The van der Waals surface area contributed by atoms with Gasteiger partial charge in [0.15, 0.2) is 0 Å². The number of ether oxygens (including phenoxy) is 1. The molecule has 2 aromatic rings. The van der Waals surface area contributed by atoms with Crippen molar-refractivity contribution < 1.29 is 14.1 Å². The fourth-order valence-corrected chi connectivity index (χ4v) is 1.67. The molecule has 2 rings (SSSR count). The molecule has 0 fully saturated rings. The first-order valence-corrected chi connectivity index (χ1v) is 5.86. The van der Waals surface area contributed by atoms with E-state index in [2.05, 4.69) is 9.98 Å². The summed E-state index contributed by atoms with van der Waals surface area (Å²) in [5.74, 6) is -0.389. The number of pyridine rings is 1. The molecule has 0 bridgehead atoms. The lowest BCUT2D eigenvalue weighted by Gasteiger charge is -2.09. The Morgan fingerprint density at radius 2 is 2.24 bits per heavy atom. The number of nitrogens with one attached hydrogen (secondary N) is 2. The fraction of sp³-hybridized carbons (Fsp3) is 0.0769. The van der Waals surface area contributed by atoms with E-state index < -0.39 is 16.4 Å². The quantitative estimate of drug-likeness (QED) is 0.391. The third-order valence-electron chi connectivity index (χ3n) is 2.70. The van der Waals surface area contributed by atoms with Crippen LogP contribution in [0.1, 0.15) is 5.56 Å². The Kier molecular flexibility index (Phi) is 4.07. The number of aromatic amines is 1. The molecule has 0 aliphatic rings. The minimum absolute atomic E-state index is 0.0441. The highest BCUT2D eigenvalue weighted by atomic mass is 19.1. The van der Waals surface area contributed by atoms with Gasteiger partial charge in [0.2, 0.25) is 5.82 Å². The van der Waals surface area contributed by atoms with Gasteiger partial charge in [0, 0.05) is 23.9 Å². The molecule has 2 N–H and O–H groups in total. The van der Waals surface area contributed by atoms with Gasteiger partial charge in [-0.15, -0.1) is 0 Å². The summed E-state index contributed by atoms with van der Waals surface area (Å²) >= 11 is 0. The van der Waals surface area contributed by atoms with Crippen LogP contribution in [-0.4, -0.2) is 16.2 Å². The smallest absolute Gasteiger partial charge is 0.305 e. The second-order valence-corrected chi connectivity index (χ2v) is 4.05. The lowest BCUT2D eigenvalue weighted by Crippen LogP contribution is -2.06. The molecule has 8 heteroatoms. The fourth-order valence-electron chi connectivity index (χ4n) is 1.67. The van der Waals surface area contributed by atoms with Gasteiger partial charge in [-0.3, -0.25) is 15.5 Å². The highest BCUT2D eigenvalue weighted by molar-refractivity contribution is 5.51. The zero-order valence-corrected chi connectivity index (χ0v) is 11.0. The molecule has 21 heavy (non-hydrogen) atoms. The van der Waals surface area contributed by atoms with Crippen molar-refractivity contribution >= 4 is 12.0 Å². The largest absolute Gasteiger partial charge is 0.457 e. The van der Waals surface area contributed by atoms with Gasteiger partial charge in [0.05, 0.1) is 4.92 Å². The summed E-state index contributed by atoms with van der Waals surface area (Å²) in [6.07, 6.45) is 2.42. The Morgan fingerprint density at radius 3 is 2.90 bits per heavy atom. The summed E-state index contributed by atoms with van der Waals surface area (Å²) < 4.78 is 19.3. The van der Waals surface area contributed by atoms with E-state index in [0.717, 1.165) is 12.4 Å². The van der Waals surface area contributed by atoms with Crippen molar-refractivity contribution in [1.29, 1.82) is 5.41 Å². The number of H-pyrrole nitrogens is 1. The van der Waals surface area contributed by atoms with E-state index in [4.69, 9.17) is 10.1 Å². The van der Waals surface area contributed by atoms with Crippen LogP contribution in [0.2, 0.25) is 0 Å². The molecular weight excluding hydrogens is 279 g/mol. The summed E-state index contributed by atoms with van der Waals surface area (Å²) in [4.78, 5) is 16.4. The minimum atomic E-state index is -0.926. The molecule has 0 aliphatic heterocycles. The molecule has 108 valence electrons. The number of rotatable bonds is 4. The van der Waals surface area contributed by atoms with E-state index in [1.807, 2.05) is 0 Å². The zero-order chi connectivity index (χ0) is 15.4. The Morgan fingerprint density at radius 1 is 1.48 bits per heavy atom. The molecule has 0 radical (unpaired) electrons. The van der Waals surface area contributed by atoms with Gasteiger partial charge in [-0.25, -0.2) is 4.99 Å². The van der Waals surface area contributed by atoms with Gasteiger partial charge >= 0.3 is 5.69 Å². The number of nitro benzene ring substituents is 1. The number of nitro groups is 1. The first-order chi connectivity index (χ1) is 10.0. The predicted molar refractivity (Wildman–Crippen MR) is 73.0 cm³/mol. The predicted octanol–water partition coefficient (Wildman–Crippen LogP) is 2.67. The maximum absolute atomic E-state index is 13.8. The van der Waals surface area contributed by atoms with E-state index in [0.29, 0.717) is 11.2 Å². The SMILES string of the molecule is Cc1c(Oc2cc[nH]/c(=N\C=N)c2)ccc([N+](=O)[O-])c1F. The molecular formula is C13H11FN4O3. The third-order valence-corrected chi connectivity index (χ3v) is 2.70. The third kappa shape index (κ3) is 3.11. The average molecular weight is 290 g/mol. The van der Waals surface area contributed by atoms with E-state index in [9.17, 15) is 14.5 Å². The molecule has 0 spiro atoms. The van der Waals surface area contributed by atoms with Crippen molar-refractivity contribution in [2.24, 2.45) is 4.99 Å². The van der Waals surface area contributed by atoms with Crippen LogP contribution >= 0.6 is 0 Å². The Hall–Kier alpha value is -3.03. The highest BCUT2D eigenvalue weighted by Crippen LogP contribution is 2.30. The van der Waals surface area contributed by atoms with Crippen LogP contribution in [0, 0.1) is 28.3 Å². The van der Waals surface area contributed by atoms with Gasteiger partial charge in [-0.1, -0.05) is 0 Å². The van der Waals surface area contributed by atoms with Crippen LogP contribution in [-0.2, 0) is 0 Å². The van der Waals surface area contributed by atoms with E-state index >= 15 is 0 Å². The molecule has 1 aromatic heterocycles. The normalized spacial score (nSPS) is 11.2. The summed E-state index contributed by atoms with van der Waals surface area (Å²) in [5.41, 5.74) is -0.161. The Balaban J connectivity index is 2.39. The standard InChI is InChI=1S/C13H11FN4O3/c1-8-11(3-2-10(13(8)14)18(19)20)21-9-4-5-16-12(6-9)17-7-15/h2-7H,1H3,(H2,15,16,17). The van der Waals surface area contributed by atoms with Crippen LogP contribution in [0.15, 0.2) is 35.5 Å². The lowest BCUT2D eigenvalue weighted by atomic mass is 10.2. The zero-order valence-electron chi connectivity index (χ0n) is 11.0. The second-order valence-electron chi connectivity index (χ2n) is 4.05. The van der Waals surface area contributed by atoms with Crippen molar-refractivity contribution in [1.82, 2.24) is 4.98 Å². The molecule has 0 amide bonds. The Bertz CT molecular complexity index is 770. The summed E-state index contributed by atoms with van der Waals surface area (Å²) in [6.45, 7) is 1.40. The number of nitrogens with zero attached hydrogens (tertiary/aromatic N) is 2. The van der Waals surface area contributed by atoms with Crippen LogP contribution in [0.25, 0.3) is 0 Å². The number of hydrogen-bond donors (Lipinski definition) is 2. The number of halogens is 1. The number of benzene rings is 1. The first kappa shape index (κ1) is 14.4. The van der Waals surface area contributed by atoms with E-state index in [-0.39, 0.29) is 11.3 Å². The van der Waals surface area contributed by atoms with E-state index in [1.165, 1.54) is 19.1 Å². The molecule has 0 atom stereocenters. The maximum atomic E-state index is 13.8. The average Bonchev–Trinajstić information content (AvgIpc) is 2.44. The van der Waals surface area contributed by atoms with E-state index in [1.54, 1.807) is 12.3 Å². The molecule has 0 saturated carbocycles. The maximum Gasteiger partial charge on any atom is 0.305 e. The molecule has 0 unspecified atom stereocenters. The van der Waals surface area contributed by atoms with Crippen LogP contribution in [0.4, 0.5) is 10.1 Å². The van der Waals surface area contributed by atoms with Gasteiger partial charge in [0.1, 0.15) is 23.3 Å². The van der Waals surface area contributed by atoms with Gasteiger partial charge < -0.3 is 9.72 Å². The molecule has 1 heterocycles. The molecule has 0 aliphatic carbocycles. The molecule has 7 nitrogen and oxygen atoms in total. The van der Waals surface area contributed by atoms with Gasteiger partial charge in [0.25, 0.3) is 0 Å². The monoisotopic (exact) mass is 290 g/mol.